The molecule has 4 heteroatoms. The van der Waals surface area contributed by atoms with E-state index in [0.29, 0.717) is 0 Å². The number of ether oxygens (including phenoxy) is 2. The van der Waals surface area contributed by atoms with E-state index in [4.69, 9.17) is 14.6 Å². The van der Waals surface area contributed by atoms with Crippen LogP contribution in [0.1, 0.15) is 12.8 Å². The minimum absolute atomic E-state index is 0.245. The highest BCUT2D eigenvalue weighted by Gasteiger charge is 2.39. The second-order valence-corrected chi connectivity index (χ2v) is 3.67. The number of β-amino-alcohol motifs (C(OH)–C–C–N with tert-alkyl or cyclic N) is 1. The van der Waals surface area contributed by atoms with Crippen molar-refractivity contribution >= 4 is 0 Å². The lowest BCUT2D eigenvalue weighted by Crippen LogP contribution is -2.45. The Balaban J connectivity index is 1.81. The van der Waals surface area contributed by atoms with Crippen LogP contribution >= 0.6 is 0 Å². The molecular formula is C9H17NO3. The largest absolute Gasteiger partial charge is 0.395 e. The molecular weight excluding hydrogens is 170 g/mol. The van der Waals surface area contributed by atoms with Crippen molar-refractivity contribution < 1.29 is 14.6 Å². The molecule has 0 saturated carbocycles. The highest BCUT2D eigenvalue weighted by Crippen LogP contribution is 2.30. The van der Waals surface area contributed by atoms with Crippen molar-refractivity contribution in [2.75, 3.05) is 39.5 Å². The van der Waals surface area contributed by atoms with Crippen LogP contribution in [0.15, 0.2) is 0 Å². The van der Waals surface area contributed by atoms with Crippen LogP contribution in [0.4, 0.5) is 0 Å². The van der Waals surface area contributed by atoms with E-state index < -0.39 is 0 Å². The summed E-state index contributed by atoms with van der Waals surface area (Å²) >= 11 is 0. The smallest absolute Gasteiger partial charge is 0.170 e. The summed E-state index contributed by atoms with van der Waals surface area (Å²) in [6, 6.07) is 0. The summed E-state index contributed by atoms with van der Waals surface area (Å²) in [5, 5.41) is 8.77. The van der Waals surface area contributed by atoms with Crippen LogP contribution in [-0.2, 0) is 9.47 Å². The summed E-state index contributed by atoms with van der Waals surface area (Å²) in [7, 11) is 0. The summed E-state index contributed by atoms with van der Waals surface area (Å²) in [4.78, 5) is 2.25. The van der Waals surface area contributed by atoms with Gasteiger partial charge in [-0.15, -0.1) is 0 Å². The van der Waals surface area contributed by atoms with E-state index in [1.807, 2.05) is 0 Å². The Kier molecular flexibility index (Phi) is 2.83. The molecule has 0 aromatic carbocycles. The van der Waals surface area contributed by atoms with Gasteiger partial charge in [-0.05, 0) is 0 Å². The molecule has 0 radical (unpaired) electrons. The third-order valence-corrected chi connectivity index (χ3v) is 2.85. The van der Waals surface area contributed by atoms with Gasteiger partial charge in [0.15, 0.2) is 5.79 Å². The van der Waals surface area contributed by atoms with Crippen LogP contribution in [0.3, 0.4) is 0 Å². The maximum Gasteiger partial charge on any atom is 0.170 e. The van der Waals surface area contributed by atoms with Gasteiger partial charge < -0.3 is 19.5 Å². The molecule has 2 saturated heterocycles. The maximum absolute atomic E-state index is 8.77. The summed E-state index contributed by atoms with van der Waals surface area (Å²) in [6.45, 7) is 4.44. The number of hydrogen-bond donors (Lipinski definition) is 1. The normalized spacial score (nSPS) is 28.4. The second-order valence-electron chi connectivity index (χ2n) is 3.67. The predicted molar refractivity (Wildman–Crippen MR) is 47.4 cm³/mol. The lowest BCUT2D eigenvalue weighted by molar-refractivity contribution is -0.185. The lowest BCUT2D eigenvalue weighted by Gasteiger charge is -2.37. The topological polar surface area (TPSA) is 41.9 Å². The molecule has 0 aromatic heterocycles. The molecule has 2 fully saturated rings. The predicted octanol–water partition coefficient (Wildman–Crippen LogP) is -0.182. The molecule has 4 nitrogen and oxygen atoms in total. The van der Waals surface area contributed by atoms with Gasteiger partial charge in [-0.3, -0.25) is 0 Å². The van der Waals surface area contributed by atoms with Crippen LogP contribution < -0.4 is 0 Å². The minimum Gasteiger partial charge on any atom is -0.395 e. The zero-order valence-corrected chi connectivity index (χ0v) is 7.87. The van der Waals surface area contributed by atoms with E-state index in [9.17, 15) is 0 Å². The quantitative estimate of drug-likeness (QED) is 0.651. The first kappa shape index (κ1) is 9.40. The molecule has 13 heavy (non-hydrogen) atoms. The molecule has 2 heterocycles. The van der Waals surface area contributed by atoms with E-state index in [1.165, 1.54) is 0 Å². The Bertz CT molecular complexity index is 158. The van der Waals surface area contributed by atoms with Crippen molar-refractivity contribution in [1.82, 2.24) is 4.90 Å². The van der Waals surface area contributed by atoms with Crippen LogP contribution in [-0.4, -0.2) is 55.2 Å². The van der Waals surface area contributed by atoms with Gasteiger partial charge in [0.1, 0.15) is 0 Å². The van der Waals surface area contributed by atoms with E-state index >= 15 is 0 Å². The molecule has 0 amide bonds. The average molecular weight is 187 g/mol. The maximum atomic E-state index is 8.77. The van der Waals surface area contributed by atoms with Gasteiger partial charge in [0, 0.05) is 32.5 Å². The Morgan fingerprint density at radius 3 is 2.31 bits per heavy atom. The zero-order valence-electron chi connectivity index (χ0n) is 7.87. The Hall–Kier alpha value is -0.160. The molecule has 2 aliphatic heterocycles. The molecule has 0 aromatic rings. The molecule has 1 spiro atoms. The lowest BCUT2D eigenvalue weighted by atomic mass is 10.0. The van der Waals surface area contributed by atoms with Gasteiger partial charge in [0.25, 0.3) is 0 Å². The summed E-state index contributed by atoms with van der Waals surface area (Å²) < 4.78 is 11.2. The van der Waals surface area contributed by atoms with Crippen molar-refractivity contribution in [1.29, 1.82) is 0 Å². The van der Waals surface area contributed by atoms with E-state index in [2.05, 4.69) is 4.90 Å². The molecule has 76 valence electrons. The molecule has 2 rings (SSSR count). The molecule has 1 N–H and O–H groups in total. The van der Waals surface area contributed by atoms with Crippen LogP contribution in [0.5, 0.6) is 0 Å². The number of rotatable bonds is 2. The standard InChI is InChI=1S/C9H17NO3/c11-6-5-10-3-1-9(2-4-10)12-7-8-13-9/h11H,1-8H2. The molecule has 0 aliphatic carbocycles. The number of nitrogens with zero attached hydrogens (tertiary/aromatic N) is 1. The van der Waals surface area contributed by atoms with E-state index in [0.717, 1.165) is 45.7 Å². The van der Waals surface area contributed by atoms with E-state index in [1.54, 1.807) is 0 Å². The first-order valence-electron chi connectivity index (χ1n) is 4.96. The van der Waals surface area contributed by atoms with E-state index in [-0.39, 0.29) is 12.4 Å². The fourth-order valence-electron chi connectivity index (χ4n) is 2.04. The number of piperidine rings is 1. The van der Waals surface area contributed by atoms with Crippen molar-refractivity contribution in [3.63, 3.8) is 0 Å². The van der Waals surface area contributed by atoms with Gasteiger partial charge in [-0.25, -0.2) is 0 Å². The number of likely N-dealkylation sites (tertiary alicyclic amines) is 1. The van der Waals surface area contributed by atoms with Crippen LogP contribution in [0.2, 0.25) is 0 Å². The number of aliphatic hydroxyl groups is 1. The Morgan fingerprint density at radius 2 is 1.77 bits per heavy atom. The molecule has 0 atom stereocenters. The van der Waals surface area contributed by atoms with Crippen molar-refractivity contribution in [3.05, 3.63) is 0 Å². The first-order valence-corrected chi connectivity index (χ1v) is 4.96. The molecule has 2 aliphatic rings. The van der Waals surface area contributed by atoms with Crippen LogP contribution in [0, 0.1) is 0 Å². The fourth-order valence-corrected chi connectivity index (χ4v) is 2.04. The van der Waals surface area contributed by atoms with Crippen molar-refractivity contribution in [2.24, 2.45) is 0 Å². The summed E-state index contributed by atoms with van der Waals surface area (Å²) in [5.74, 6) is -0.272. The zero-order chi connectivity index (χ0) is 9.15. The highest BCUT2D eigenvalue weighted by molar-refractivity contribution is 4.82. The summed E-state index contributed by atoms with van der Waals surface area (Å²) in [6.07, 6.45) is 1.88. The number of aliphatic hydroxyl groups excluding tert-OH is 1. The third kappa shape index (κ3) is 2.02. The van der Waals surface area contributed by atoms with Gasteiger partial charge in [0.2, 0.25) is 0 Å². The van der Waals surface area contributed by atoms with Gasteiger partial charge >= 0.3 is 0 Å². The number of hydrogen-bond acceptors (Lipinski definition) is 4. The first-order chi connectivity index (χ1) is 6.35. The Morgan fingerprint density at radius 1 is 1.15 bits per heavy atom. The highest BCUT2D eigenvalue weighted by atomic mass is 16.7. The molecule has 0 bridgehead atoms. The van der Waals surface area contributed by atoms with Gasteiger partial charge in [0.05, 0.1) is 19.8 Å². The summed E-state index contributed by atoms with van der Waals surface area (Å²) in [5.41, 5.74) is 0. The second kappa shape index (κ2) is 3.92. The monoisotopic (exact) mass is 187 g/mol. The fraction of sp³-hybridized carbons (Fsp3) is 1.00. The molecule has 0 unspecified atom stereocenters. The van der Waals surface area contributed by atoms with Gasteiger partial charge in [-0.2, -0.15) is 0 Å². The van der Waals surface area contributed by atoms with Crippen molar-refractivity contribution in [2.45, 2.75) is 18.6 Å². The minimum atomic E-state index is -0.272. The van der Waals surface area contributed by atoms with Gasteiger partial charge in [-0.1, -0.05) is 0 Å². The third-order valence-electron chi connectivity index (χ3n) is 2.85. The Labute approximate surface area is 78.4 Å². The van der Waals surface area contributed by atoms with Crippen LogP contribution in [0.25, 0.3) is 0 Å². The SMILES string of the molecule is OCCN1CCC2(CC1)OCCO2. The average Bonchev–Trinajstić information content (AvgIpc) is 2.59. The van der Waals surface area contributed by atoms with Crippen molar-refractivity contribution in [3.8, 4) is 0 Å².